The van der Waals surface area contributed by atoms with Crippen LogP contribution in [-0.4, -0.2) is 23.3 Å². The molecule has 1 heterocycles. The zero-order chi connectivity index (χ0) is 13.8. The van der Waals surface area contributed by atoms with Crippen LogP contribution in [0.15, 0.2) is 12.1 Å². The van der Waals surface area contributed by atoms with Gasteiger partial charge in [0.15, 0.2) is 4.77 Å². The fourth-order valence-electron chi connectivity index (χ4n) is 2.07. The summed E-state index contributed by atoms with van der Waals surface area (Å²) in [6, 6.07) is 3.00. The Bertz CT molecular complexity index is 623. The Kier molecular flexibility index (Phi) is 4.96. The summed E-state index contributed by atoms with van der Waals surface area (Å²) in [7, 11) is 1.70. The predicted octanol–water partition coefficient (Wildman–Crippen LogP) is 4.31. The quantitative estimate of drug-likeness (QED) is 0.636. The Morgan fingerprint density at radius 1 is 1.37 bits per heavy atom. The molecule has 0 aliphatic rings. The molecule has 1 N–H and O–H groups in total. The standard InChI is InChI=1S/C13H16ClFN2OS/c1-18-6-4-2-3-5-17-12-8-10(15)9(14)7-11(12)16-13(17)19/h7-8H,2-6H2,1H3,(H,16,19). The van der Waals surface area contributed by atoms with Crippen LogP contribution in [0, 0.1) is 10.6 Å². The summed E-state index contributed by atoms with van der Waals surface area (Å²) in [4.78, 5) is 3.05. The van der Waals surface area contributed by atoms with Gasteiger partial charge in [0.2, 0.25) is 0 Å². The summed E-state index contributed by atoms with van der Waals surface area (Å²) in [5.41, 5.74) is 1.53. The molecule has 6 heteroatoms. The maximum Gasteiger partial charge on any atom is 0.178 e. The van der Waals surface area contributed by atoms with Gasteiger partial charge in [-0.25, -0.2) is 4.39 Å². The molecule has 1 aromatic heterocycles. The number of unbranched alkanes of at least 4 members (excludes halogenated alkanes) is 2. The maximum absolute atomic E-state index is 13.5. The second-order valence-electron chi connectivity index (χ2n) is 4.42. The Morgan fingerprint density at radius 3 is 2.89 bits per heavy atom. The fraction of sp³-hybridized carbons (Fsp3) is 0.462. The van der Waals surface area contributed by atoms with Crippen molar-refractivity contribution in [3.8, 4) is 0 Å². The monoisotopic (exact) mass is 302 g/mol. The molecule has 0 bridgehead atoms. The molecule has 2 rings (SSSR count). The van der Waals surface area contributed by atoms with Gasteiger partial charge in [0.1, 0.15) is 5.82 Å². The molecule has 0 amide bonds. The molecule has 0 aliphatic carbocycles. The van der Waals surface area contributed by atoms with Gasteiger partial charge in [0.05, 0.1) is 16.1 Å². The highest BCUT2D eigenvalue weighted by molar-refractivity contribution is 7.71. The number of methoxy groups -OCH3 is 1. The van der Waals surface area contributed by atoms with Gasteiger partial charge in [0, 0.05) is 26.3 Å². The third-order valence-corrected chi connectivity index (χ3v) is 3.66. The van der Waals surface area contributed by atoms with E-state index in [1.807, 2.05) is 4.57 Å². The third kappa shape index (κ3) is 3.35. The maximum atomic E-state index is 13.5. The van der Waals surface area contributed by atoms with E-state index in [9.17, 15) is 4.39 Å². The molecule has 0 radical (unpaired) electrons. The number of imidazole rings is 1. The number of benzene rings is 1. The SMILES string of the molecule is COCCCCCn1c(=S)[nH]c2cc(Cl)c(F)cc21. The van der Waals surface area contributed by atoms with E-state index in [0.717, 1.165) is 43.4 Å². The summed E-state index contributed by atoms with van der Waals surface area (Å²) in [6.45, 7) is 1.53. The van der Waals surface area contributed by atoms with E-state index < -0.39 is 5.82 Å². The zero-order valence-corrected chi connectivity index (χ0v) is 12.3. The molecule has 104 valence electrons. The summed E-state index contributed by atoms with van der Waals surface area (Å²) in [5.74, 6) is -0.420. The molecule has 0 fully saturated rings. The van der Waals surface area contributed by atoms with E-state index >= 15 is 0 Å². The number of halogens is 2. The molecule has 2 aromatic rings. The minimum atomic E-state index is -0.420. The smallest absolute Gasteiger partial charge is 0.178 e. The zero-order valence-electron chi connectivity index (χ0n) is 10.7. The number of nitrogens with zero attached hydrogens (tertiary/aromatic N) is 1. The highest BCUT2D eigenvalue weighted by Crippen LogP contribution is 2.23. The molecule has 0 saturated heterocycles. The lowest BCUT2D eigenvalue weighted by Gasteiger charge is -2.05. The number of rotatable bonds is 6. The Hall–Kier alpha value is -0.910. The number of hydrogen-bond donors (Lipinski definition) is 1. The van der Waals surface area contributed by atoms with Crippen LogP contribution in [0.5, 0.6) is 0 Å². The molecule has 0 aliphatic heterocycles. The van der Waals surface area contributed by atoms with Crippen LogP contribution in [0.4, 0.5) is 4.39 Å². The molecule has 1 aromatic carbocycles. The van der Waals surface area contributed by atoms with Crippen molar-refractivity contribution in [3.63, 3.8) is 0 Å². The number of aromatic amines is 1. The molecule has 0 atom stereocenters. The largest absolute Gasteiger partial charge is 0.385 e. The van der Waals surface area contributed by atoms with Gasteiger partial charge in [-0.05, 0) is 37.5 Å². The molecule has 0 spiro atoms. The van der Waals surface area contributed by atoms with Crippen molar-refractivity contribution in [2.45, 2.75) is 25.8 Å². The van der Waals surface area contributed by atoms with Crippen LogP contribution in [0.25, 0.3) is 11.0 Å². The first-order chi connectivity index (χ1) is 9.13. The first-order valence-electron chi connectivity index (χ1n) is 6.20. The molecule has 0 unspecified atom stereocenters. The van der Waals surface area contributed by atoms with E-state index in [0.29, 0.717) is 4.77 Å². The normalized spacial score (nSPS) is 11.3. The van der Waals surface area contributed by atoms with Gasteiger partial charge in [-0.1, -0.05) is 11.6 Å². The van der Waals surface area contributed by atoms with Crippen molar-refractivity contribution in [3.05, 3.63) is 27.7 Å². The number of aryl methyl sites for hydroxylation is 1. The first-order valence-corrected chi connectivity index (χ1v) is 6.98. The first kappa shape index (κ1) is 14.5. The van der Waals surface area contributed by atoms with Crippen LogP contribution < -0.4 is 0 Å². The van der Waals surface area contributed by atoms with Crippen LogP contribution in [-0.2, 0) is 11.3 Å². The average molecular weight is 303 g/mol. The molecule has 19 heavy (non-hydrogen) atoms. The van der Waals surface area contributed by atoms with Crippen LogP contribution >= 0.6 is 23.8 Å². The molecular weight excluding hydrogens is 287 g/mol. The number of nitrogens with one attached hydrogen (secondary N) is 1. The fourth-order valence-corrected chi connectivity index (χ4v) is 2.53. The van der Waals surface area contributed by atoms with Gasteiger partial charge in [0.25, 0.3) is 0 Å². The minimum absolute atomic E-state index is 0.107. The summed E-state index contributed by atoms with van der Waals surface area (Å²) < 4.78 is 21.0. The average Bonchev–Trinajstić information content (AvgIpc) is 2.66. The van der Waals surface area contributed by atoms with Crippen molar-refractivity contribution in [2.75, 3.05) is 13.7 Å². The summed E-state index contributed by atoms with van der Waals surface area (Å²) in [5, 5.41) is 0.107. The van der Waals surface area contributed by atoms with Gasteiger partial charge >= 0.3 is 0 Å². The summed E-state index contributed by atoms with van der Waals surface area (Å²) in [6.07, 6.45) is 3.06. The molecular formula is C13H16ClFN2OS. The Labute approximate surface area is 121 Å². The number of fused-ring (bicyclic) bond motifs is 1. The molecule has 0 saturated carbocycles. The lowest BCUT2D eigenvalue weighted by atomic mass is 10.2. The van der Waals surface area contributed by atoms with Crippen LogP contribution in [0.2, 0.25) is 5.02 Å². The number of hydrogen-bond acceptors (Lipinski definition) is 2. The van der Waals surface area contributed by atoms with Crippen molar-refractivity contribution >= 4 is 34.9 Å². The van der Waals surface area contributed by atoms with Crippen molar-refractivity contribution in [1.82, 2.24) is 9.55 Å². The van der Waals surface area contributed by atoms with E-state index in [4.69, 9.17) is 28.6 Å². The van der Waals surface area contributed by atoms with Crippen LogP contribution in [0.3, 0.4) is 0 Å². The summed E-state index contributed by atoms with van der Waals surface area (Å²) >= 11 is 11.0. The van der Waals surface area contributed by atoms with E-state index in [1.54, 1.807) is 13.2 Å². The van der Waals surface area contributed by atoms with E-state index in [1.165, 1.54) is 6.07 Å². The number of ether oxygens (including phenoxy) is 1. The van der Waals surface area contributed by atoms with E-state index in [-0.39, 0.29) is 5.02 Å². The highest BCUT2D eigenvalue weighted by atomic mass is 35.5. The van der Waals surface area contributed by atoms with Gasteiger partial charge in [-0.3, -0.25) is 0 Å². The van der Waals surface area contributed by atoms with Gasteiger partial charge in [-0.15, -0.1) is 0 Å². The number of H-pyrrole nitrogens is 1. The van der Waals surface area contributed by atoms with Gasteiger partial charge in [-0.2, -0.15) is 0 Å². The number of aromatic nitrogens is 2. The lowest BCUT2D eigenvalue weighted by molar-refractivity contribution is 0.191. The second kappa shape index (κ2) is 6.50. The van der Waals surface area contributed by atoms with E-state index in [2.05, 4.69) is 4.98 Å². The van der Waals surface area contributed by atoms with Crippen molar-refractivity contribution < 1.29 is 9.13 Å². The van der Waals surface area contributed by atoms with Crippen molar-refractivity contribution in [2.24, 2.45) is 0 Å². The Balaban J connectivity index is 2.16. The predicted molar refractivity (Wildman–Crippen MR) is 77.8 cm³/mol. The lowest BCUT2D eigenvalue weighted by Crippen LogP contribution is -1.99. The Morgan fingerprint density at radius 2 is 2.16 bits per heavy atom. The van der Waals surface area contributed by atoms with Crippen LogP contribution in [0.1, 0.15) is 19.3 Å². The minimum Gasteiger partial charge on any atom is -0.385 e. The van der Waals surface area contributed by atoms with Gasteiger partial charge < -0.3 is 14.3 Å². The molecule has 3 nitrogen and oxygen atoms in total. The topological polar surface area (TPSA) is 29.9 Å². The van der Waals surface area contributed by atoms with Crippen molar-refractivity contribution in [1.29, 1.82) is 0 Å². The second-order valence-corrected chi connectivity index (χ2v) is 5.21. The highest BCUT2D eigenvalue weighted by Gasteiger charge is 2.08. The third-order valence-electron chi connectivity index (χ3n) is 3.05.